The smallest absolute Gasteiger partial charge is 0.326 e. The average Bonchev–Trinajstić information content (AvgIpc) is 2.78. The fourth-order valence-electron chi connectivity index (χ4n) is 2.11. The lowest BCUT2D eigenvalue weighted by molar-refractivity contribution is -0.138. The first-order chi connectivity index (χ1) is 7.72. The molecule has 2 rings (SSSR count). The molecule has 1 heterocycles. The molecule has 1 saturated heterocycles. The van der Waals surface area contributed by atoms with Crippen LogP contribution in [-0.2, 0) is 4.79 Å². The highest BCUT2D eigenvalue weighted by Crippen LogP contribution is 2.27. The van der Waals surface area contributed by atoms with Gasteiger partial charge in [0.15, 0.2) is 0 Å². The van der Waals surface area contributed by atoms with Gasteiger partial charge in [-0.3, -0.25) is 0 Å². The number of hydrogen-bond donors (Lipinski definition) is 1. The zero-order valence-corrected chi connectivity index (χ0v) is 9.22. The van der Waals surface area contributed by atoms with E-state index in [9.17, 15) is 4.79 Å². The SMILES string of the molecule is COc1ccc(N2CCC[C@H]2C(=O)O)cc1. The molecule has 1 aromatic rings. The second-order valence-corrected chi connectivity index (χ2v) is 3.89. The molecule has 1 atom stereocenters. The van der Waals surface area contributed by atoms with Crippen molar-refractivity contribution < 1.29 is 14.6 Å². The summed E-state index contributed by atoms with van der Waals surface area (Å²) in [6, 6.07) is 7.13. The third-order valence-corrected chi connectivity index (χ3v) is 2.94. The monoisotopic (exact) mass is 221 g/mol. The molecular formula is C12H15NO3. The van der Waals surface area contributed by atoms with Crippen LogP contribution in [0.15, 0.2) is 24.3 Å². The molecule has 16 heavy (non-hydrogen) atoms. The maximum absolute atomic E-state index is 11.0. The van der Waals surface area contributed by atoms with E-state index in [1.807, 2.05) is 29.2 Å². The Bertz CT molecular complexity index is 374. The number of nitrogens with zero attached hydrogens (tertiary/aromatic N) is 1. The fraction of sp³-hybridized carbons (Fsp3) is 0.417. The third-order valence-electron chi connectivity index (χ3n) is 2.94. The summed E-state index contributed by atoms with van der Waals surface area (Å²) >= 11 is 0. The Labute approximate surface area is 94.4 Å². The summed E-state index contributed by atoms with van der Waals surface area (Å²) in [5, 5.41) is 9.08. The number of methoxy groups -OCH3 is 1. The van der Waals surface area contributed by atoms with Crippen molar-refractivity contribution in [3.05, 3.63) is 24.3 Å². The molecule has 0 unspecified atom stereocenters. The normalized spacial score (nSPS) is 19.8. The lowest BCUT2D eigenvalue weighted by Gasteiger charge is -2.23. The minimum Gasteiger partial charge on any atom is -0.497 e. The summed E-state index contributed by atoms with van der Waals surface area (Å²) in [6.07, 6.45) is 1.66. The molecule has 0 aliphatic carbocycles. The first-order valence-electron chi connectivity index (χ1n) is 5.36. The number of benzene rings is 1. The maximum Gasteiger partial charge on any atom is 0.326 e. The molecule has 86 valence electrons. The molecule has 4 heteroatoms. The average molecular weight is 221 g/mol. The zero-order valence-electron chi connectivity index (χ0n) is 9.22. The Morgan fingerprint density at radius 2 is 2.12 bits per heavy atom. The molecule has 4 nitrogen and oxygen atoms in total. The van der Waals surface area contributed by atoms with E-state index >= 15 is 0 Å². The minimum atomic E-state index is -0.742. The molecule has 0 aromatic heterocycles. The Kier molecular flexibility index (Phi) is 2.99. The Hall–Kier alpha value is -1.71. The number of carbonyl (C=O) groups is 1. The van der Waals surface area contributed by atoms with Crippen molar-refractivity contribution in [1.29, 1.82) is 0 Å². The lowest BCUT2D eigenvalue weighted by Crippen LogP contribution is -2.35. The summed E-state index contributed by atoms with van der Waals surface area (Å²) in [5.74, 6) is 0.0446. The van der Waals surface area contributed by atoms with E-state index < -0.39 is 5.97 Å². The topological polar surface area (TPSA) is 49.8 Å². The van der Waals surface area contributed by atoms with Gasteiger partial charge < -0.3 is 14.7 Å². The van der Waals surface area contributed by atoms with Crippen molar-refractivity contribution in [3.8, 4) is 5.75 Å². The van der Waals surface area contributed by atoms with Crippen LogP contribution in [0.1, 0.15) is 12.8 Å². The Balaban J connectivity index is 2.19. The van der Waals surface area contributed by atoms with E-state index in [1.165, 1.54) is 0 Å². The highest BCUT2D eigenvalue weighted by molar-refractivity contribution is 5.79. The summed E-state index contributed by atoms with van der Waals surface area (Å²) < 4.78 is 5.07. The van der Waals surface area contributed by atoms with Crippen molar-refractivity contribution in [1.82, 2.24) is 0 Å². The van der Waals surface area contributed by atoms with Gasteiger partial charge in [0.1, 0.15) is 11.8 Å². The van der Waals surface area contributed by atoms with Gasteiger partial charge in [-0.2, -0.15) is 0 Å². The molecule has 1 aliphatic rings. The van der Waals surface area contributed by atoms with E-state index in [1.54, 1.807) is 7.11 Å². The van der Waals surface area contributed by atoms with Gasteiger partial charge in [0.25, 0.3) is 0 Å². The molecule has 0 spiro atoms. The van der Waals surface area contributed by atoms with E-state index in [0.29, 0.717) is 0 Å². The minimum absolute atomic E-state index is 0.381. The van der Waals surface area contributed by atoms with E-state index in [4.69, 9.17) is 9.84 Å². The van der Waals surface area contributed by atoms with Crippen LogP contribution in [-0.4, -0.2) is 30.8 Å². The number of hydrogen-bond acceptors (Lipinski definition) is 3. The molecule has 1 aromatic carbocycles. The molecule has 0 radical (unpaired) electrons. The molecule has 0 saturated carbocycles. The van der Waals surface area contributed by atoms with E-state index in [0.717, 1.165) is 30.8 Å². The van der Waals surface area contributed by atoms with Crippen LogP contribution in [0.5, 0.6) is 5.75 Å². The van der Waals surface area contributed by atoms with Gasteiger partial charge in [-0.25, -0.2) is 4.79 Å². The van der Waals surface area contributed by atoms with Crippen LogP contribution in [0.3, 0.4) is 0 Å². The zero-order chi connectivity index (χ0) is 11.5. The van der Waals surface area contributed by atoms with Crippen LogP contribution < -0.4 is 9.64 Å². The number of carboxylic acids is 1. The predicted octanol–water partition coefficient (Wildman–Crippen LogP) is 1.75. The van der Waals surface area contributed by atoms with Crippen molar-refractivity contribution in [2.75, 3.05) is 18.6 Å². The molecular weight excluding hydrogens is 206 g/mol. The first-order valence-corrected chi connectivity index (χ1v) is 5.36. The third kappa shape index (κ3) is 1.96. The quantitative estimate of drug-likeness (QED) is 0.844. The highest BCUT2D eigenvalue weighted by atomic mass is 16.5. The first kappa shape index (κ1) is 10.8. The molecule has 1 aliphatic heterocycles. The molecule has 0 amide bonds. The molecule has 1 fully saturated rings. The summed E-state index contributed by atoms with van der Waals surface area (Å²) in [4.78, 5) is 13.0. The second-order valence-electron chi connectivity index (χ2n) is 3.89. The van der Waals surface area contributed by atoms with Crippen molar-refractivity contribution in [2.45, 2.75) is 18.9 Å². The standard InChI is InChI=1S/C12H15NO3/c1-16-10-6-4-9(5-7-10)13-8-2-3-11(13)12(14)15/h4-7,11H,2-3,8H2,1H3,(H,14,15)/t11-/m0/s1. The number of anilines is 1. The van der Waals surface area contributed by atoms with Gasteiger partial charge in [0.05, 0.1) is 7.11 Å². The van der Waals surface area contributed by atoms with Crippen LogP contribution in [0.25, 0.3) is 0 Å². The predicted molar refractivity (Wildman–Crippen MR) is 61.0 cm³/mol. The van der Waals surface area contributed by atoms with E-state index in [2.05, 4.69) is 0 Å². The highest BCUT2D eigenvalue weighted by Gasteiger charge is 2.30. The summed E-state index contributed by atoms with van der Waals surface area (Å²) in [6.45, 7) is 0.809. The fourth-order valence-corrected chi connectivity index (χ4v) is 2.11. The van der Waals surface area contributed by atoms with Crippen LogP contribution in [0.2, 0.25) is 0 Å². The van der Waals surface area contributed by atoms with Crippen molar-refractivity contribution in [3.63, 3.8) is 0 Å². The largest absolute Gasteiger partial charge is 0.497 e. The number of ether oxygens (including phenoxy) is 1. The van der Waals surface area contributed by atoms with E-state index in [-0.39, 0.29) is 6.04 Å². The second kappa shape index (κ2) is 4.43. The number of aliphatic carboxylic acids is 1. The van der Waals surface area contributed by atoms with Crippen molar-refractivity contribution >= 4 is 11.7 Å². The van der Waals surface area contributed by atoms with Crippen LogP contribution in [0, 0.1) is 0 Å². The molecule has 0 bridgehead atoms. The Morgan fingerprint density at radius 1 is 1.44 bits per heavy atom. The van der Waals surface area contributed by atoms with Gasteiger partial charge in [-0.1, -0.05) is 0 Å². The van der Waals surface area contributed by atoms with Gasteiger partial charge in [-0.15, -0.1) is 0 Å². The Morgan fingerprint density at radius 3 is 2.69 bits per heavy atom. The molecule has 1 N–H and O–H groups in total. The van der Waals surface area contributed by atoms with Gasteiger partial charge in [0, 0.05) is 12.2 Å². The maximum atomic E-state index is 11.0. The lowest BCUT2D eigenvalue weighted by atomic mass is 10.2. The van der Waals surface area contributed by atoms with Crippen molar-refractivity contribution in [2.24, 2.45) is 0 Å². The summed E-state index contributed by atoms with van der Waals surface area (Å²) in [5.41, 5.74) is 0.950. The van der Waals surface area contributed by atoms with Gasteiger partial charge >= 0.3 is 5.97 Å². The van der Waals surface area contributed by atoms with Crippen LogP contribution >= 0.6 is 0 Å². The van der Waals surface area contributed by atoms with Gasteiger partial charge in [0.2, 0.25) is 0 Å². The summed E-state index contributed by atoms with van der Waals surface area (Å²) in [7, 11) is 1.62. The number of carboxylic acid groups (broad SMARTS) is 1. The van der Waals surface area contributed by atoms with Gasteiger partial charge in [-0.05, 0) is 37.1 Å². The number of rotatable bonds is 3. The van der Waals surface area contributed by atoms with Crippen LogP contribution in [0.4, 0.5) is 5.69 Å².